The van der Waals surface area contributed by atoms with Crippen LogP contribution in [0, 0.1) is 12.8 Å². The molecule has 2 nitrogen and oxygen atoms in total. The van der Waals surface area contributed by atoms with E-state index in [4.69, 9.17) is 9.15 Å². The van der Waals surface area contributed by atoms with Crippen LogP contribution in [0.4, 0.5) is 0 Å². The highest BCUT2D eigenvalue weighted by atomic mass is 16.5. The summed E-state index contributed by atoms with van der Waals surface area (Å²) in [6.45, 7) is 2.96. The number of hydrogen-bond acceptors (Lipinski definition) is 2. The molecule has 0 radical (unpaired) electrons. The van der Waals surface area contributed by atoms with Gasteiger partial charge in [-0.2, -0.15) is 0 Å². The van der Waals surface area contributed by atoms with Gasteiger partial charge in [0, 0.05) is 10.9 Å². The van der Waals surface area contributed by atoms with Gasteiger partial charge in [-0.1, -0.05) is 0 Å². The van der Waals surface area contributed by atoms with Crippen molar-refractivity contribution < 1.29 is 9.15 Å². The lowest BCUT2D eigenvalue weighted by Gasteiger charge is -2.05. The summed E-state index contributed by atoms with van der Waals surface area (Å²) in [5.41, 5.74) is 2.43. The highest BCUT2D eigenvalue weighted by Crippen LogP contribution is 2.46. The summed E-state index contributed by atoms with van der Waals surface area (Å²) in [6.07, 6.45) is 5.28. The molecule has 1 aromatic heterocycles. The van der Waals surface area contributed by atoms with Gasteiger partial charge in [-0.25, -0.2) is 0 Å². The van der Waals surface area contributed by atoms with Crippen molar-refractivity contribution in [3.8, 4) is 5.75 Å². The van der Waals surface area contributed by atoms with Gasteiger partial charge in [-0.3, -0.25) is 0 Å². The van der Waals surface area contributed by atoms with Crippen LogP contribution in [0.3, 0.4) is 0 Å². The molecule has 4 rings (SSSR count). The van der Waals surface area contributed by atoms with Gasteiger partial charge in [0.15, 0.2) is 0 Å². The zero-order chi connectivity index (χ0) is 12.1. The molecule has 0 bridgehead atoms. The SMILES string of the molecule is Cc1oc2ccc(OCC3CC3)cc2c1C1CC1. The Hall–Kier alpha value is -1.44. The molecule has 18 heavy (non-hydrogen) atoms. The van der Waals surface area contributed by atoms with Crippen LogP contribution in [0.2, 0.25) is 0 Å². The predicted octanol–water partition coefficient (Wildman–Crippen LogP) is 4.41. The molecule has 2 fully saturated rings. The fourth-order valence-corrected chi connectivity index (χ4v) is 2.69. The van der Waals surface area contributed by atoms with Gasteiger partial charge in [-0.05, 0) is 62.6 Å². The molecule has 0 spiro atoms. The monoisotopic (exact) mass is 242 g/mol. The Balaban J connectivity index is 1.70. The number of fused-ring (bicyclic) bond motifs is 1. The molecule has 2 saturated carbocycles. The van der Waals surface area contributed by atoms with Gasteiger partial charge in [0.1, 0.15) is 17.1 Å². The van der Waals surface area contributed by atoms with Crippen LogP contribution in [0.5, 0.6) is 5.75 Å². The molecule has 0 atom stereocenters. The summed E-state index contributed by atoms with van der Waals surface area (Å²) in [5, 5.41) is 1.27. The largest absolute Gasteiger partial charge is 0.493 e. The van der Waals surface area contributed by atoms with E-state index in [-0.39, 0.29) is 0 Å². The van der Waals surface area contributed by atoms with Crippen molar-refractivity contribution in [3.05, 3.63) is 29.5 Å². The molecule has 2 aliphatic rings. The van der Waals surface area contributed by atoms with Crippen LogP contribution in [-0.4, -0.2) is 6.61 Å². The average molecular weight is 242 g/mol. The Morgan fingerprint density at radius 1 is 1.22 bits per heavy atom. The fraction of sp³-hybridized carbons (Fsp3) is 0.500. The summed E-state index contributed by atoms with van der Waals surface area (Å²) >= 11 is 0. The normalized spacial score (nSPS) is 19.4. The molecule has 2 heteroatoms. The zero-order valence-corrected chi connectivity index (χ0v) is 10.7. The van der Waals surface area contributed by atoms with Gasteiger partial charge >= 0.3 is 0 Å². The second kappa shape index (κ2) is 3.78. The zero-order valence-electron chi connectivity index (χ0n) is 10.7. The Morgan fingerprint density at radius 3 is 2.78 bits per heavy atom. The molecule has 0 unspecified atom stereocenters. The first-order chi connectivity index (χ1) is 8.81. The van der Waals surface area contributed by atoms with E-state index in [1.54, 1.807) is 0 Å². The fourth-order valence-electron chi connectivity index (χ4n) is 2.69. The highest BCUT2D eigenvalue weighted by Gasteiger charge is 2.29. The van der Waals surface area contributed by atoms with Crippen LogP contribution in [0.1, 0.15) is 42.9 Å². The molecule has 2 aliphatic carbocycles. The summed E-state index contributed by atoms with van der Waals surface area (Å²) in [7, 11) is 0. The Labute approximate surface area is 107 Å². The third-order valence-electron chi connectivity index (χ3n) is 4.05. The van der Waals surface area contributed by atoms with Crippen molar-refractivity contribution >= 4 is 11.0 Å². The molecule has 0 aliphatic heterocycles. The van der Waals surface area contributed by atoms with Crippen LogP contribution in [0.15, 0.2) is 22.6 Å². The highest BCUT2D eigenvalue weighted by molar-refractivity contribution is 5.84. The first kappa shape index (κ1) is 10.5. The van der Waals surface area contributed by atoms with E-state index in [0.717, 1.165) is 35.5 Å². The van der Waals surface area contributed by atoms with Crippen molar-refractivity contribution in [2.24, 2.45) is 5.92 Å². The summed E-state index contributed by atoms with van der Waals surface area (Å²) in [6, 6.07) is 6.25. The minimum Gasteiger partial charge on any atom is -0.493 e. The molecule has 0 amide bonds. The second-order valence-electron chi connectivity index (χ2n) is 5.76. The second-order valence-corrected chi connectivity index (χ2v) is 5.76. The van der Waals surface area contributed by atoms with Crippen molar-refractivity contribution in [1.29, 1.82) is 0 Å². The van der Waals surface area contributed by atoms with Crippen molar-refractivity contribution in [2.45, 2.75) is 38.5 Å². The minimum absolute atomic E-state index is 0.727. The predicted molar refractivity (Wildman–Crippen MR) is 71.1 cm³/mol. The molecule has 1 aromatic carbocycles. The third-order valence-corrected chi connectivity index (χ3v) is 4.05. The van der Waals surface area contributed by atoms with Crippen LogP contribution in [0.25, 0.3) is 11.0 Å². The van der Waals surface area contributed by atoms with Crippen molar-refractivity contribution in [1.82, 2.24) is 0 Å². The first-order valence-electron chi connectivity index (χ1n) is 6.97. The van der Waals surface area contributed by atoms with Crippen molar-refractivity contribution in [3.63, 3.8) is 0 Å². The van der Waals surface area contributed by atoms with Crippen LogP contribution < -0.4 is 4.74 Å². The lowest BCUT2D eigenvalue weighted by molar-refractivity contribution is 0.300. The number of ether oxygens (including phenoxy) is 1. The van der Waals surface area contributed by atoms with Crippen LogP contribution in [-0.2, 0) is 0 Å². The van der Waals surface area contributed by atoms with E-state index < -0.39 is 0 Å². The van der Waals surface area contributed by atoms with Gasteiger partial charge < -0.3 is 9.15 Å². The molecule has 1 heterocycles. The first-order valence-corrected chi connectivity index (χ1v) is 6.97. The molecule has 2 aromatic rings. The van der Waals surface area contributed by atoms with E-state index >= 15 is 0 Å². The number of hydrogen-bond donors (Lipinski definition) is 0. The average Bonchev–Trinajstić information content (AvgIpc) is 3.24. The Morgan fingerprint density at radius 2 is 2.06 bits per heavy atom. The molecular formula is C16H18O2. The smallest absolute Gasteiger partial charge is 0.134 e. The summed E-state index contributed by atoms with van der Waals surface area (Å²) in [5.74, 6) is 3.61. The quantitative estimate of drug-likeness (QED) is 0.792. The maximum atomic E-state index is 5.86. The molecule has 0 saturated heterocycles. The standard InChI is InChI=1S/C16H18O2/c1-10-16(12-4-5-12)14-8-13(6-7-15(14)18-10)17-9-11-2-3-11/h6-8,11-12H,2-5,9H2,1H3. The maximum Gasteiger partial charge on any atom is 0.134 e. The van der Waals surface area contributed by atoms with Crippen molar-refractivity contribution in [2.75, 3.05) is 6.61 Å². The van der Waals surface area contributed by atoms with E-state index in [0.29, 0.717) is 0 Å². The van der Waals surface area contributed by atoms with E-state index in [1.807, 2.05) is 6.07 Å². The van der Waals surface area contributed by atoms with Gasteiger partial charge in [-0.15, -0.1) is 0 Å². The molecular weight excluding hydrogens is 224 g/mol. The number of furan rings is 1. The van der Waals surface area contributed by atoms with Gasteiger partial charge in [0.05, 0.1) is 6.61 Å². The van der Waals surface area contributed by atoms with Crippen LogP contribution >= 0.6 is 0 Å². The number of aryl methyl sites for hydroxylation is 1. The van der Waals surface area contributed by atoms with Gasteiger partial charge in [0.25, 0.3) is 0 Å². The molecule has 94 valence electrons. The summed E-state index contributed by atoms with van der Waals surface area (Å²) in [4.78, 5) is 0. The lowest BCUT2D eigenvalue weighted by atomic mass is 10.1. The minimum atomic E-state index is 0.727. The molecule has 0 N–H and O–H groups in total. The lowest BCUT2D eigenvalue weighted by Crippen LogP contribution is -1.98. The van der Waals surface area contributed by atoms with E-state index in [1.165, 1.54) is 36.6 Å². The summed E-state index contributed by atoms with van der Waals surface area (Å²) < 4.78 is 11.7. The Kier molecular flexibility index (Phi) is 2.20. The van der Waals surface area contributed by atoms with E-state index in [9.17, 15) is 0 Å². The maximum absolute atomic E-state index is 5.86. The van der Waals surface area contributed by atoms with Gasteiger partial charge in [0.2, 0.25) is 0 Å². The van der Waals surface area contributed by atoms with E-state index in [2.05, 4.69) is 19.1 Å². The third kappa shape index (κ3) is 1.80. The number of rotatable bonds is 4. The Bertz CT molecular complexity index is 588. The number of benzene rings is 1. The topological polar surface area (TPSA) is 22.4 Å².